The summed E-state index contributed by atoms with van der Waals surface area (Å²) in [6, 6.07) is 12.5. The molecule has 4 heteroatoms. The van der Waals surface area contributed by atoms with Crippen molar-refractivity contribution in [2.75, 3.05) is 0 Å². The highest BCUT2D eigenvalue weighted by Crippen LogP contribution is 2.68. The average Bonchev–Trinajstić information content (AvgIpc) is 2.80. The molecule has 4 saturated carbocycles. The third-order valence-electron chi connectivity index (χ3n) is 8.77. The topological polar surface area (TPSA) is 74.6 Å². The molecule has 2 N–H and O–H groups in total. The van der Waals surface area contributed by atoms with Crippen LogP contribution in [0.2, 0.25) is 0 Å². The second-order valence-electron chi connectivity index (χ2n) is 10.8. The molecule has 172 valence electrons. The number of carboxylic acid groups (broad SMARTS) is 2. The minimum atomic E-state index is -1.19. The lowest BCUT2D eigenvalue weighted by Gasteiger charge is -2.66. The van der Waals surface area contributed by atoms with E-state index >= 15 is 0 Å². The second kappa shape index (κ2) is 8.07. The Kier molecular flexibility index (Phi) is 5.29. The summed E-state index contributed by atoms with van der Waals surface area (Å²) in [5.74, 6) is 11.5. The molecular formula is C30H28O4. The van der Waals surface area contributed by atoms with Crippen molar-refractivity contribution in [3.8, 4) is 23.7 Å². The predicted octanol–water partition coefficient (Wildman–Crippen LogP) is 5.59. The van der Waals surface area contributed by atoms with Gasteiger partial charge in [-0.25, -0.2) is 9.59 Å². The Morgan fingerprint density at radius 1 is 0.794 bits per heavy atom. The van der Waals surface area contributed by atoms with Gasteiger partial charge in [0, 0.05) is 16.5 Å². The Balaban J connectivity index is 1.37. The molecule has 4 aliphatic rings. The Labute approximate surface area is 200 Å². The maximum atomic E-state index is 11.2. The Bertz CT molecular complexity index is 1250. The summed E-state index contributed by atoms with van der Waals surface area (Å²) < 4.78 is 0. The molecule has 6 rings (SSSR count). The van der Waals surface area contributed by atoms with Crippen molar-refractivity contribution in [2.24, 2.45) is 23.2 Å². The SMILES string of the molecule is CC1(C)C2CC3CC(C2)CC1(c1ccc(C#CC#Cc2cc(C(=O)O)cc(C(=O)O)c2)cc1)C3. The molecule has 2 aromatic rings. The predicted molar refractivity (Wildman–Crippen MR) is 130 cm³/mol. The Morgan fingerprint density at radius 2 is 1.32 bits per heavy atom. The van der Waals surface area contributed by atoms with Gasteiger partial charge in [-0.3, -0.25) is 0 Å². The molecule has 0 aromatic heterocycles. The summed E-state index contributed by atoms with van der Waals surface area (Å²) in [6.07, 6.45) is 6.82. The van der Waals surface area contributed by atoms with Crippen LogP contribution in [0.4, 0.5) is 0 Å². The van der Waals surface area contributed by atoms with E-state index in [0.717, 1.165) is 29.4 Å². The second-order valence-corrected chi connectivity index (χ2v) is 10.8. The zero-order valence-corrected chi connectivity index (χ0v) is 19.5. The molecule has 4 bridgehead atoms. The van der Waals surface area contributed by atoms with Gasteiger partial charge in [-0.2, -0.15) is 0 Å². The molecule has 4 nitrogen and oxygen atoms in total. The third kappa shape index (κ3) is 3.68. The van der Waals surface area contributed by atoms with Crippen molar-refractivity contribution in [3.63, 3.8) is 0 Å². The third-order valence-corrected chi connectivity index (χ3v) is 8.77. The summed E-state index contributed by atoms with van der Waals surface area (Å²) in [5.41, 5.74) is 3.00. The first-order valence-electron chi connectivity index (χ1n) is 11.9. The number of carboxylic acids is 2. The lowest BCUT2D eigenvalue weighted by molar-refractivity contribution is -0.113. The van der Waals surface area contributed by atoms with E-state index in [2.05, 4.69) is 61.8 Å². The van der Waals surface area contributed by atoms with Crippen molar-refractivity contribution in [2.45, 2.75) is 51.4 Å². The molecule has 2 unspecified atom stereocenters. The fraction of sp³-hybridized carbons (Fsp3) is 0.400. The monoisotopic (exact) mass is 452 g/mol. The smallest absolute Gasteiger partial charge is 0.335 e. The van der Waals surface area contributed by atoms with Crippen LogP contribution in [0.15, 0.2) is 42.5 Å². The summed E-state index contributed by atoms with van der Waals surface area (Å²) in [6.45, 7) is 4.96. The van der Waals surface area contributed by atoms with Gasteiger partial charge in [0.05, 0.1) is 11.1 Å². The molecule has 2 atom stereocenters. The summed E-state index contributed by atoms with van der Waals surface area (Å²) in [7, 11) is 0. The molecule has 4 aliphatic carbocycles. The van der Waals surface area contributed by atoms with Crippen molar-refractivity contribution < 1.29 is 19.8 Å². The number of rotatable bonds is 3. The number of benzene rings is 2. The van der Waals surface area contributed by atoms with E-state index in [1.165, 1.54) is 49.8 Å². The zero-order chi connectivity index (χ0) is 24.1. The molecular weight excluding hydrogens is 424 g/mol. The molecule has 0 spiro atoms. The standard InChI is InChI=1S/C30H28O4/c1-29(2)26-14-21-11-22(15-26)18-30(29,17-21)25-9-7-19(8-10-25)5-3-4-6-20-12-23(27(31)32)16-24(13-20)28(33)34/h7-10,12-13,16,21-22,26H,11,14-15,17-18H2,1-2H3,(H,31,32)(H,33,34). The van der Waals surface area contributed by atoms with Crippen molar-refractivity contribution in [3.05, 3.63) is 70.3 Å². The lowest BCUT2D eigenvalue weighted by Crippen LogP contribution is -2.59. The largest absolute Gasteiger partial charge is 0.478 e. The molecule has 0 heterocycles. The van der Waals surface area contributed by atoms with Gasteiger partial charge in [0.2, 0.25) is 0 Å². The minimum absolute atomic E-state index is 0.111. The first-order valence-corrected chi connectivity index (χ1v) is 11.9. The fourth-order valence-electron chi connectivity index (χ4n) is 7.11. The normalized spacial score (nSPS) is 27.8. The van der Waals surface area contributed by atoms with Gasteiger partial charge < -0.3 is 10.2 Å². The van der Waals surface area contributed by atoms with E-state index < -0.39 is 11.9 Å². The maximum absolute atomic E-state index is 11.2. The summed E-state index contributed by atoms with van der Waals surface area (Å²) in [4.78, 5) is 22.5. The van der Waals surface area contributed by atoms with Gasteiger partial charge in [-0.15, -0.1) is 0 Å². The Hall–Kier alpha value is -3.50. The maximum Gasteiger partial charge on any atom is 0.335 e. The van der Waals surface area contributed by atoms with Gasteiger partial charge >= 0.3 is 11.9 Å². The van der Waals surface area contributed by atoms with Gasteiger partial charge in [-0.05, 0) is 103 Å². The van der Waals surface area contributed by atoms with Crippen molar-refractivity contribution in [1.29, 1.82) is 0 Å². The van der Waals surface area contributed by atoms with E-state index in [-0.39, 0.29) is 16.5 Å². The van der Waals surface area contributed by atoms with Crippen molar-refractivity contribution in [1.82, 2.24) is 0 Å². The van der Waals surface area contributed by atoms with Crippen LogP contribution in [0.5, 0.6) is 0 Å². The van der Waals surface area contributed by atoms with Gasteiger partial charge in [0.25, 0.3) is 0 Å². The first-order chi connectivity index (χ1) is 16.2. The van der Waals surface area contributed by atoms with E-state index in [4.69, 9.17) is 0 Å². The van der Waals surface area contributed by atoms with E-state index in [1.54, 1.807) is 0 Å². The van der Waals surface area contributed by atoms with E-state index in [1.807, 2.05) is 0 Å². The number of aromatic carboxylic acids is 2. The van der Waals surface area contributed by atoms with Crippen LogP contribution in [0.3, 0.4) is 0 Å². The van der Waals surface area contributed by atoms with E-state index in [0.29, 0.717) is 11.0 Å². The molecule has 0 radical (unpaired) electrons. The van der Waals surface area contributed by atoms with Crippen LogP contribution in [-0.4, -0.2) is 22.2 Å². The van der Waals surface area contributed by atoms with Gasteiger partial charge in [0.15, 0.2) is 0 Å². The molecule has 2 aromatic carbocycles. The summed E-state index contributed by atoms with van der Waals surface area (Å²) in [5, 5.41) is 18.4. The van der Waals surface area contributed by atoms with Crippen LogP contribution in [0, 0.1) is 46.9 Å². The van der Waals surface area contributed by atoms with Crippen LogP contribution in [0.25, 0.3) is 0 Å². The van der Waals surface area contributed by atoms with Crippen LogP contribution in [-0.2, 0) is 5.41 Å². The number of hydrogen-bond donors (Lipinski definition) is 2. The minimum Gasteiger partial charge on any atom is -0.478 e. The highest BCUT2D eigenvalue weighted by Gasteiger charge is 2.61. The molecule has 34 heavy (non-hydrogen) atoms. The van der Waals surface area contributed by atoms with Crippen LogP contribution in [0.1, 0.15) is 83.4 Å². The quantitative estimate of drug-likeness (QED) is 0.596. The highest BCUT2D eigenvalue weighted by molar-refractivity contribution is 5.94. The number of hydrogen-bond acceptors (Lipinski definition) is 2. The van der Waals surface area contributed by atoms with E-state index in [9.17, 15) is 19.8 Å². The highest BCUT2D eigenvalue weighted by atomic mass is 16.4. The first kappa shape index (κ1) is 22.3. The summed E-state index contributed by atoms with van der Waals surface area (Å²) >= 11 is 0. The zero-order valence-electron chi connectivity index (χ0n) is 19.5. The fourth-order valence-corrected chi connectivity index (χ4v) is 7.11. The Morgan fingerprint density at radius 3 is 1.85 bits per heavy atom. The van der Waals surface area contributed by atoms with Gasteiger partial charge in [-0.1, -0.05) is 37.8 Å². The van der Waals surface area contributed by atoms with Gasteiger partial charge in [0.1, 0.15) is 0 Å². The lowest BCUT2D eigenvalue weighted by atomic mass is 9.38. The van der Waals surface area contributed by atoms with Crippen molar-refractivity contribution >= 4 is 11.9 Å². The average molecular weight is 453 g/mol. The van der Waals surface area contributed by atoms with Crippen LogP contribution < -0.4 is 0 Å². The molecule has 0 aliphatic heterocycles. The molecule has 0 saturated heterocycles. The number of carbonyl (C=O) groups is 2. The molecule has 4 fully saturated rings. The molecule has 0 amide bonds. The van der Waals surface area contributed by atoms with Crippen LogP contribution >= 0.6 is 0 Å².